The molecule has 0 aliphatic rings. The van der Waals surface area contributed by atoms with Gasteiger partial charge in [0.1, 0.15) is 11.3 Å². The number of ether oxygens (including phenoxy) is 1. The van der Waals surface area contributed by atoms with Crippen LogP contribution in [0.25, 0.3) is 27.9 Å². The summed E-state index contributed by atoms with van der Waals surface area (Å²) in [5, 5.41) is 16.2. The van der Waals surface area contributed by atoms with E-state index >= 15 is 0 Å². The molecule has 33 heavy (non-hydrogen) atoms. The van der Waals surface area contributed by atoms with E-state index in [0.29, 0.717) is 23.7 Å². The molecule has 5 rings (SSSR count). The molecule has 0 atom stereocenters. The molecule has 3 aromatic carbocycles. The van der Waals surface area contributed by atoms with Gasteiger partial charge in [-0.1, -0.05) is 40.7 Å². The van der Waals surface area contributed by atoms with Crippen molar-refractivity contribution < 1.29 is 14.1 Å². The van der Waals surface area contributed by atoms with Crippen molar-refractivity contribution in [3.05, 3.63) is 84.2 Å². The minimum Gasteiger partial charge on any atom is -0.494 e. The first kappa shape index (κ1) is 20.4. The average Bonchev–Trinajstić information content (AvgIpc) is 3.44. The maximum absolute atomic E-state index is 12.8. The molecule has 0 radical (unpaired) electrons. The van der Waals surface area contributed by atoms with Gasteiger partial charge in [0.05, 0.1) is 23.4 Å². The van der Waals surface area contributed by atoms with Crippen LogP contribution in [0.5, 0.6) is 5.75 Å². The van der Waals surface area contributed by atoms with E-state index in [-0.39, 0.29) is 11.6 Å². The van der Waals surface area contributed by atoms with E-state index < -0.39 is 0 Å². The zero-order valence-electron chi connectivity index (χ0n) is 18.1. The third-order valence-corrected chi connectivity index (χ3v) is 5.27. The van der Waals surface area contributed by atoms with Crippen LogP contribution >= 0.6 is 0 Å². The second-order valence-electron chi connectivity index (χ2n) is 7.43. The summed E-state index contributed by atoms with van der Waals surface area (Å²) in [6, 6.07) is 22.6. The standard InChI is InChI=1S/C25H21N5O3/c1-3-32-20-12-9-18(10-13-20)26-25(31)23-16(2)30(29-27-23)19-11-14-22-21(15-19)24(33-28-22)17-7-5-4-6-8-17/h4-15H,3H2,1-2H3,(H,26,31). The van der Waals surface area contributed by atoms with Gasteiger partial charge in [-0.25, -0.2) is 4.68 Å². The van der Waals surface area contributed by atoms with Crippen LogP contribution in [0.15, 0.2) is 77.3 Å². The Morgan fingerprint density at radius 2 is 1.85 bits per heavy atom. The number of nitrogens with one attached hydrogen (secondary N) is 1. The number of carbonyl (C=O) groups is 1. The summed E-state index contributed by atoms with van der Waals surface area (Å²) in [4.78, 5) is 12.8. The quantitative estimate of drug-likeness (QED) is 0.398. The fourth-order valence-electron chi connectivity index (χ4n) is 3.63. The molecule has 0 aliphatic heterocycles. The van der Waals surface area contributed by atoms with Crippen molar-refractivity contribution in [2.75, 3.05) is 11.9 Å². The Bertz CT molecular complexity index is 1420. The molecule has 0 bridgehead atoms. The molecule has 1 N–H and O–H groups in total. The third kappa shape index (κ3) is 3.94. The second kappa shape index (κ2) is 8.58. The van der Waals surface area contributed by atoms with Gasteiger partial charge in [-0.05, 0) is 56.3 Å². The molecule has 0 unspecified atom stereocenters. The first-order valence-electron chi connectivity index (χ1n) is 10.6. The van der Waals surface area contributed by atoms with Gasteiger partial charge in [0.15, 0.2) is 11.5 Å². The van der Waals surface area contributed by atoms with Crippen LogP contribution in [0, 0.1) is 6.92 Å². The molecule has 0 fully saturated rings. The maximum atomic E-state index is 12.8. The Hall–Kier alpha value is -4.46. The SMILES string of the molecule is CCOc1ccc(NC(=O)c2nnn(-c3ccc4noc(-c5ccccc5)c4c3)c2C)cc1. The van der Waals surface area contributed by atoms with E-state index in [9.17, 15) is 4.79 Å². The van der Waals surface area contributed by atoms with E-state index in [4.69, 9.17) is 9.26 Å². The highest BCUT2D eigenvalue weighted by molar-refractivity contribution is 6.03. The maximum Gasteiger partial charge on any atom is 0.278 e. The van der Waals surface area contributed by atoms with Crippen LogP contribution in [0.2, 0.25) is 0 Å². The first-order chi connectivity index (χ1) is 16.1. The molecular weight excluding hydrogens is 418 g/mol. The number of carbonyl (C=O) groups excluding carboxylic acids is 1. The summed E-state index contributed by atoms with van der Waals surface area (Å²) in [5.74, 6) is 1.09. The van der Waals surface area contributed by atoms with E-state index in [1.54, 1.807) is 28.9 Å². The van der Waals surface area contributed by atoms with Crippen molar-refractivity contribution in [1.82, 2.24) is 20.2 Å². The molecule has 0 saturated carbocycles. The number of amides is 1. The van der Waals surface area contributed by atoms with Gasteiger partial charge in [0.2, 0.25) is 0 Å². The van der Waals surface area contributed by atoms with Gasteiger partial charge in [0.25, 0.3) is 5.91 Å². The zero-order valence-corrected chi connectivity index (χ0v) is 18.1. The van der Waals surface area contributed by atoms with Crippen LogP contribution in [0.1, 0.15) is 23.1 Å². The van der Waals surface area contributed by atoms with Crippen molar-refractivity contribution in [3.8, 4) is 22.8 Å². The number of hydrogen-bond donors (Lipinski definition) is 1. The summed E-state index contributed by atoms with van der Waals surface area (Å²) in [5.41, 5.74) is 3.95. The number of nitrogens with zero attached hydrogens (tertiary/aromatic N) is 4. The molecular formula is C25H21N5O3. The second-order valence-corrected chi connectivity index (χ2v) is 7.43. The summed E-state index contributed by atoms with van der Waals surface area (Å²) in [7, 11) is 0. The fraction of sp³-hybridized carbons (Fsp3) is 0.120. The van der Waals surface area contributed by atoms with Crippen molar-refractivity contribution in [2.24, 2.45) is 0 Å². The molecule has 8 nitrogen and oxygen atoms in total. The highest BCUT2D eigenvalue weighted by Gasteiger charge is 2.19. The smallest absolute Gasteiger partial charge is 0.278 e. The zero-order chi connectivity index (χ0) is 22.8. The monoisotopic (exact) mass is 439 g/mol. The molecule has 1 amide bonds. The number of anilines is 1. The van der Waals surface area contributed by atoms with Gasteiger partial charge in [-0.15, -0.1) is 5.10 Å². The van der Waals surface area contributed by atoms with Gasteiger partial charge in [0, 0.05) is 11.3 Å². The average molecular weight is 439 g/mol. The highest BCUT2D eigenvalue weighted by Crippen LogP contribution is 2.30. The predicted octanol–water partition coefficient (Wildman–Crippen LogP) is 5.03. The van der Waals surface area contributed by atoms with Gasteiger partial charge < -0.3 is 14.6 Å². The molecule has 0 spiro atoms. The Morgan fingerprint density at radius 3 is 2.61 bits per heavy atom. The Labute approximate surface area is 189 Å². The van der Waals surface area contributed by atoms with Gasteiger partial charge in [-0.2, -0.15) is 0 Å². The Morgan fingerprint density at radius 1 is 1.06 bits per heavy atom. The van der Waals surface area contributed by atoms with Crippen LogP contribution in [0.3, 0.4) is 0 Å². The molecule has 8 heteroatoms. The lowest BCUT2D eigenvalue weighted by Crippen LogP contribution is -2.14. The van der Waals surface area contributed by atoms with Crippen molar-refractivity contribution >= 4 is 22.5 Å². The van der Waals surface area contributed by atoms with Crippen LogP contribution in [-0.2, 0) is 0 Å². The minimum absolute atomic E-state index is 0.248. The largest absolute Gasteiger partial charge is 0.494 e. The third-order valence-electron chi connectivity index (χ3n) is 5.27. The van der Waals surface area contributed by atoms with Crippen LogP contribution < -0.4 is 10.1 Å². The molecule has 2 aromatic heterocycles. The highest BCUT2D eigenvalue weighted by atomic mass is 16.5. The topological polar surface area (TPSA) is 95.1 Å². The van der Waals surface area contributed by atoms with Gasteiger partial charge >= 0.3 is 0 Å². The van der Waals surface area contributed by atoms with Crippen molar-refractivity contribution in [1.29, 1.82) is 0 Å². The van der Waals surface area contributed by atoms with Crippen molar-refractivity contribution in [2.45, 2.75) is 13.8 Å². The van der Waals surface area contributed by atoms with E-state index in [1.165, 1.54) is 0 Å². The lowest BCUT2D eigenvalue weighted by molar-refractivity contribution is 0.102. The van der Waals surface area contributed by atoms with Crippen LogP contribution in [0.4, 0.5) is 5.69 Å². The van der Waals surface area contributed by atoms with E-state index in [1.807, 2.05) is 62.4 Å². The molecule has 164 valence electrons. The number of benzene rings is 3. The first-order valence-corrected chi connectivity index (χ1v) is 10.6. The summed E-state index contributed by atoms with van der Waals surface area (Å²) < 4.78 is 12.7. The lowest BCUT2D eigenvalue weighted by Gasteiger charge is -2.07. The number of fused-ring (bicyclic) bond motifs is 1. The van der Waals surface area contributed by atoms with Gasteiger partial charge in [-0.3, -0.25) is 4.79 Å². The number of aromatic nitrogens is 4. The molecule has 2 heterocycles. The Balaban J connectivity index is 1.43. The predicted molar refractivity (Wildman–Crippen MR) is 125 cm³/mol. The lowest BCUT2D eigenvalue weighted by atomic mass is 10.1. The Kier molecular flexibility index (Phi) is 5.32. The fourth-order valence-corrected chi connectivity index (χ4v) is 3.63. The van der Waals surface area contributed by atoms with Crippen molar-refractivity contribution in [3.63, 3.8) is 0 Å². The van der Waals surface area contributed by atoms with E-state index in [0.717, 1.165) is 27.9 Å². The summed E-state index contributed by atoms with van der Waals surface area (Å²) >= 11 is 0. The normalized spacial score (nSPS) is 11.0. The molecule has 5 aromatic rings. The molecule has 0 aliphatic carbocycles. The summed E-state index contributed by atoms with van der Waals surface area (Å²) in [6.45, 7) is 4.32. The van der Waals surface area contributed by atoms with Crippen LogP contribution in [-0.4, -0.2) is 32.7 Å². The molecule has 0 saturated heterocycles. The van der Waals surface area contributed by atoms with E-state index in [2.05, 4.69) is 20.8 Å². The minimum atomic E-state index is -0.334. The summed E-state index contributed by atoms with van der Waals surface area (Å²) in [6.07, 6.45) is 0. The number of rotatable bonds is 6. The number of hydrogen-bond acceptors (Lipinski definition) is 6.